The van der Waals surface area contributed by atoms with Crippen LogP contribution >= 0.6 is 0 Å². The third kappa shape index (κ3) is 2.76. The number of nitriles is 1. The van der Waals surface area contributed by atoms with E-state index in [1.165, 1.54) is 0 Å². The smallest absolute Gasteiger partial charge is 0.229 e. The van der Waals surface area contributed by atoms with E-state index in [0.29, 0.717) is 22.9 Å². The quantitative estimate of drug-likeness (QED) is 0.546. The number of hydrogen-bond donors (Lipinski definition) is 1. The molecule has 2 N–H and O–H groups in total. The molecule has 1 unspecified atom stereocenters. The van der Waals surface area contributed by atoms with E-state index in [4.69, 9.17) is 20.0 Å². The molecule has 1 atom stereocenters. The molecule has 0 radical (unpaired) electrons. The second kappa shape index (κ2) is 6.98. The highest BCUT2D eigenvalue weighted by Crippen LogP contribution is 2.47. The van der Waals surface area contributed by atoms with Crippen molar-refractivity contribution in [2.45, 2.75) is 12.8 Å². The van der Waals surface area contributed by atoms with Crippen LogP contribution in [0.5, 0.6) is 5.88 Å². The molecule has 0 bridgehead atoms. The van der Waals surface area contributed by atoms with Gasteiger partial charge in [-0.05, 0) is 36.8 Å². The first-order valence-electron chi connectivity index (χ1n) is 9.53. The molecule has 0 spiro atoms. The number of aromatic nitrogens is 2. The molecule has 4 aromatic rings. The molecular weight excluding hydrogens is 376 g/mol. The lowest BCUT2D eigenvalue weighted by Gasteiger charge is -2.25. The summed E-state index contributed by atoms with van der Waals surface area (Å²) >= 11 is 0. The number of hydrogen-bond acceptors (Lipinski definition) is 5. The lowest BCUT2D eigenvalue weighted by Crippen LogP contribution is -2.22. The second-order valence-electron chi connectivity index (χ2n) is 7.13. The van der Waals surface area contributed by atoms with E-state index in [0.717, 1.165) is 22.4 Å². The van der Waals surface area contributed by atoms with Gasteiger partial charge < -0.3 is 14.9 Å². The van der Waals surface area contributed by atoms with Crippen LogP contribution in [0, 0.1) is 18.3 Å². The standard InChI is InChI=1S/C24H18N4O2/c1-15-9-11-16(12-10-15)20-18(14-25)23(26)30-24-21(20)22(19-8-5-13-29-19)27-28(24)17-6-3-2-4-7-17/h2-13,20H,26H2,1H3. The van der Waals surface area contributed by atoms with Crippen molar-refractivity contribution in [1.82, 2.24) is 9.78 Å². The number of furan rings is 1. The fourth-order valence-electron chi connectivity index (χ4n) is 3.77. The molecule has 2 aromatic heterocycles. The van der Waals surface area contributed by atoms with Crippen molar-refractivity contribution < 1.29 is 9.15 Å². The topological polar surface area (TPSA) is 90.0 Å². The van der Waals surface area contributed by atoms with E-state index in [-0.39, 0.29) is 5.88 Å². The van der Waals surface area contributed by atoms with Crippen molar-refractivity contribution >= 4 is 0 Å². The van der Waals surface area contributed by atoms with E-state index >= 15 is 0 Å². The molecule has 2 aromatic carbocycles. The summed E-state index contributed by atoms with van der Waals surface area (Å²) in [4.78, 5) is 0. The number of para-hydroxylation sites is 1. The summed E-state index contributed by atoms with van der Waals surface area (Å²) in [6.07, 6.45) is 1.60. The first kappa shape index (κ1) is 17.8. The Kier molecular flexibility index (Phi) is 4.15. The minimum absolute atomic E-state index is 0.0821. The summed E-state index contributed by atoms with van der Waals surface area (Å²) in [6, 6.07) is 23.6. The van der Waals surface area contributed by atoms with Gasteiger partial charge in [-0.1, -0.05) is 48.0 Å². The molecule has 0 saturated heterocycles. The van der Waals surface area contributed by atoms with E-state index in [1.807, 2.05) is 73.7 Å². The Morgan fingerprint density at radius 1 is 1.03 bits per heavy atom. The monoisotopic (exact) mass is 394 g/mol. The molecular formula is C24H18N4O2. The average Bonchev–Trinajstić information content (AvgIpc) is 3.42. The molecule has 146 valence electrons. The van der Waals surface area contributed by atoms with E-state index in [1.54, 1.807) is 10.9 Å². The normalized spacial score (nSPS) is 15.4. The van der Waals surface area contributed by atoms with Crippen LogP contribution in [0.3, 0.4) is 0 Å². The number of aryl methyl sites for hydroxylation is 1. The van der Waals surface area contributed by atoms with Crippen LogP contribution in [0.15, 0.2) is 88.9 Å². The zero-order valence-corrected chi connectivity index (χ0v) is 16.2. The summed E-state index contributed by atoms with van der Waals surface area (Å²) in [5.74, 6) is 0.740. The second-order valence-corrected chi connectivity index (χ2v) is 7.13. The van der Waals surface area contributed by atoms with Crippen molar-refractivity contribution in [2.75, 3.05) is 0 Å². The van der Waals surface area contributed by atoms with Crippen molar-refractivity contribution in [3.63, 3.8) is 0 Å². The van der Waals surface area contributed by atoms with Gasteiger partial charge in [0.05, 0.1) is 23.4 Å². The third-order valence-electron chi connectivity index (χ3n) is 5.21. The van der Waals surface area contributed by atoms with E-state index in [9.17, 15) is 5.26 Å². The minimum atomic E-state index is -0.420. The van der Waals surface area contributed by atoms with Gasteiger partial charge in [-0.15, -0.1) is 0 Å². The van der Waals surface area contributed by atoms with Crippen molar-refractivity contribution in [3.05, 3.63) is 101 Å². The molecule has 30 heavy (non-hydrogen) atoms. The highest BCUT2D eigenvalue weighted by Gasteiger charge is 2.38. The first-order chi connectivity index (χ1) is 14.7. The lowest BCUT2D eigenvalue weighted by atomic mass is 9.83. The van der Waals surface area contributed by atoms with Crippen LogP contribution in [0.25, 0.3) is 17.1 Å². The zero-order valence-electron chi connectivity index (χ0n) is 16.2. The molecule has 0 fully saturated rings. The first-order valence-corrected chi connectivity index (χ1v) is 9.53. The predicted octanol–water partition coefficient (Wildman–Crippen LogP) is 4.66. The lowest BCUT2D eigenvalue weighted by molar-refractivity contribution is 0.367. The molecule has 1 aliphatic rings. The Morgan fingerprint density at radius 2 is 1.80 bits per heavy atom. The Balaban J connectivity index is 1.82. The van der Waals surface area contributed by atoms with E-state index < -0.39 is 5.92 Å². The van der Waals surface area contributed by atoms with Crippen LogP contribution in [0.2, 0.25) is 0 Å². The number of ether oxygens (including phenoxy) is 1. The van der Waals surface area contributed by atoms with Gasteiger partial charge in [0, 0.05) is 0 Å². The van der Waals surface area contributed by atoms with E-state index in [2.05, 4.69) is 6.07 Å². The SMILES string of the molecule is Cc1ccc(C2C(C#N)=C(N)Oc3c2c(-c2ccco2)nn3-c2ccccc2)cc1. The maximum Gasteiger partial charge on any atom is 0.229 e. The molecule has 6 nitrogen and oxygen atoms in total. The largest absolute Gasteiger partial charge is 0.463 e. The van der Waals surface area contributed by atoms with Crippen LogP contribution < -0.4 is 10.5 Å². The highest BCUT2D eigenvalue weighted by atomic mass is 16.5. The van der Waals surface area contributed by atoms with Gasteiger partial charge in [0.15, 0.2) is 5.76 Å². The number of nitrogens with zero attached hydrogens (tertiary/aromatic N) is 3. The molecule has 6 heteroatoms. The summed E-state index contributed by atoms with van der Waals surface area (Å²) in [6.45, 7) is 2.02. The Hall–Kier alpha value is -4.24. The summed E-state index contributed by atoms with van der Waals surface area (Å²) < 4.78 is 13.3. The number of fused-ring (bicyclic) bond motifs is 1. The van der Waals surface area contributed by atoms with Crippen molar-refractivity contribution in [3.8, 4) is 29.1 Å². The van der Waals surface area contributed by atoms with Gasteiger partial charge in [-0.3, -0.25) is 0 Å². The van der Waals surface area contributed by atoms with Crippen LogP contribution in [0.4, 0.5) is 0 Å². The number of allylic oxidation sites excluding steroid dienone is 1. The predicted molar refractivity (Wildman–Crippen MR) is 112 cm³/mol. The van der Waals surface area contributed by atoms with Gasteiger partial charge in [0.2, 0.25) is 11.8 Å². The van der Waals surface area contributed by atoms with Crippen LogP contribution in [-0.2, 0) is 0 Å². The Labute approximate surface area is 173 Å². The fraction of sp³-hybridized carbons (Fsp3) is 0.0833. The molecule has 0 aliphatic carbocycles. The van der Waals surface area contributed by atoms with Gasteiger partial charge in [0.25, 0.3) is 0 Å². The van der Waals surface area contributed by atoms with Crippen molar-refractivity contribution in [2.24, 2.45) is 5.73 Å². The minimum Gasteiger partial charge on any atom is -0.463 e. The number of nitrogens with two attached hydrogens (primary N) is 1. The van der Waals surface area contributed by atoms with Gasteiger partial charge in [0.1, 0.15) is 17.3 Å². The maximum atomic E-state index is 9.90. The van der Waals surface area contributed by atoms with Crippen LogP contribution in [-0.4, -0.2) is 9.78 Å². The Bertz CT molecular complexity index is 1280. The average molecular weight is 394 g/mol. The molecule has 3 heterocycles. The summed E-state index contributed by atoms with van der Waals surface area (Å²) in [5.41, 5.74) is 10.8. The Morgan fingerprint density at radius 3 is 2.47 bits per heavy atom. The molecule has 0 amide bonds. The molecule has 1 aliphatic heterocycles. The molecule has 0 saturated carbocycles. The zero-order chi connectivity index (χ0) is 20.7. The van der Waals surface area contributed by atoms with Gasteiger partial charge >= 0.3 is 0 Å². The summed E-state index contributed by atoms with van der Waals surface area (Å²) in [7, 11) is 0. The maximum absolute atomic E-state index is 9.90. The third-order valence-corrected chi connectivity index (χ3v) is 5.21. The number of rotatable bonds is 3. The fourth-order valence-corrected chi connectivity index (χ4v) is 3.77. The molecule has 5 rings (SSSR count). The van der Waals surface area contributed by atoms with Gasteiger partial charge in [-0.25, -0.2) is 0 Å². The van der Waals surface area contributed by atoms with Gasteiger partial charge in [-0.2, -0.15) is 15.0 Å². The van der Waals surface area contributed by atoms with Crippen molar-refractivity contribution in [1.29, 1.82) is 5.26 Å². The number of benzene rings is 2. The van der Waals surface area contributed by atoms with Crippen LogP contribution in [0.1, 0.15) is 22.6 Å². The summed E-state index contributed by atoms with van der Waals surface area (Å²) in [5, 5.41) is 14.7. The highest BCUT2D eigenvalue weighted by molar-refractivity contribution is 5.69.